The minimum Gasteiger partial charge on any atom is -0.365 e. The van der Waals surface area contributed by atoms with Crippen LogP contribution < -0.4 is 0 Å². The van der Waals surface area contributed by atoms with Crippen LogP contribution in [0.25, 0.3) is 0 Å². The zero-order valence-corrected chi connectivity index (χ0v) is 18.5. The Morgan fingerprint density at radius 1 is 0.897 bits per heavy atom. The molecule has 0 unspecified atom stereocenters. The summed E-state index contributed by atoms with van der Waals surface area (Å²) in [5.41, 5.74) is 3.49. The minimum atomic E-state index is 0.213. The highest BCUT2D eigenvalue weighted by atomic mass is 16.1. The first-order valence-electron chi connectivity index (χ1n) is 9.03. The van der Waals surface area contributed by atoms with Crippen molar-refractivity contribution in [1.29, 1.82) is 0 Å². The predicted molar refractivity (Wildman–Crippen MR) is 127 cm³/mol. The second-order valence-electron chi connectivity index (χ2n) is 5.46. The second-order valence-corrected chi connectivity index (χ2v) is 5.46. The molecule has 0 aliphatic heterocycles. The van der Waals surface area contributed by atoms with Gasteiger partial charge in [0.15, 0.2) is 5.78 Å². The van der Waals surface area contributed by atoms with E-state index in [1.54, 1.807) is 13.0 Å². The Kier molecular flexibility index (Phi) is 25.3. The summed E-state index contributed by atoms with van der Waals surface area (Å²) in [5.74, 6) is 7.82. The van der Waals surface area contributed by atoms with Crippen molar-refractivity contribution in [2.24, 2.45) is 0 Å². The summed E-state index contributed by atoms with van der Waals surface area (Å²) in [6.07, 6.45) is 22.5. The third kappa shape index (κ3) is 26.7. The van der Waals surface area contributed by atoms with E-state index in [-0.39, 0.29) is 5.78 Å². The highest BCUT2D eigenvalue weighted by Gasteiger charge is 1.97. The van der Waals surface area contributed by atoms with E-state index in [1.807, 2.05) is 83.4 Å². The molecule has 2 aromatic heterocycles. The molecule has 2 N–H and O–H groups in total. The largest absolute Gasteiger partial charge is 0.365 e. The van der Waals surface area contributed by atoms with Gasteiger partial charge < -0.3 is 9.97 Å². The maximum absolute atomic E-state index is 10.5. The van der Waals surface area contributed by atoms with Crippen LogP contribution in [0.4, 0.5) is 0 Å². The van der Waals surface area contributed by atoms with E-state index in [1.165, 1.54) is 11.4 Å². The van der Waals surface area contributed by atoms with E-state index in [0.717, 1.165) is 5.57 Å². The lowest BCUT2D eigenvalue weighted by Crippen LogP contribution is -1.94. The lowest BCUT2D eigenvalue weighted by atomic mass is 10.1. The summed E-state index contributed by atoms with van der Waals surface area (Å²) in [4.78, 5) is 16.5. The first-order chi connectivity index (χ1) is 13.9. The topological polar surface area (TPSA) is 48.6 Å². The Hall–Kier alpha value is -3.61. The van der Waals surface area contributed by atoms with Gasteiger partial charge in [0.05, 0.1) is 0 Å². The third-order valence-electron chi connectivity index (χ3n) is 2.85. The van der Waals surface area contributed by atoms with E-state index in [4.69, 9.17) is 0 Å². The number of nitrogens with one attached hydrogen (secondary N) is 2. The van der Waals surface area contributed by atoms with Gasteiger partial charge in [0.1, 0.15) is 0 Å². The van der Waals surface area contributed by atoms with E-state index >= 15 is 0 Å². The fourth-order valence-electron chi connectivity index (χ4n) is 1.56. The summed E-state index contributed by atoms with van der Waals surface area (Å²) in [6.45, 7) is 11.3. The van der Waals surface area contributed by atoms with Crippen molar-refractivity contribution in [2.45, 2.75) is 48.0 Å². The molecule has 2 heterocycles. The molecule has 2 aromatic rings. The predicted octanol–water partition coefficient (Wildman–Crippen LogP) is 6.03. The number of terminal acetylenes is 2. The SMILES string of the molecule is C#C.C#CC.CC#CC.CC1=CC(=O)CC=C1.Cc1ccc[nH]1.Cc1ccc[nH]1. The van der Waals surface area contributed by atoms with Crippen LogP contribution in [0.1, 0.15) is 45.5 Å². The molecule has 0 bridgehead atoms. The van der Waals surface area contributed by atoms with Gasteiger partial charge in [-0.3, -0.25) is 4.79 Å². The molecule has 0 fully saturated rings. The monoisotopic (exact) mass is 390 g/mol. The fraction of sp³-hybridized carbons (Fsp3) is 0.269. The lowest BCUT2D eigenvalue weighted by molar-refractivity contribution is -0.113. The average Bonchev–Trinajstić information content (AvgIpc) is 3.38. The van der Waals surface area contributed by atoms with Gasteiger partial charge in [-0.1, -0.05) is 12.2 Å². The van der Waals surface area contributed by atoms with E-state index < -0.39 is 0 Å². The van der Waals surface area contributed by atoms with Gasteiger partial charge in [-0.25, -0.2) is 0 Å². The molecule has 0 aromatic carbocycles. The molecule has 0 atom stereocenters. The van der Waals surface area contributed by atoms with Crippen molar-refractivity contribution in [3.8, 4) is 37.0 Å². The number of hydrogen-bond acceptors (Lipinski definition) is 1. The maximum atomic E-state index is 10.5. The van der Waals surface area contributed by atoms with Crippen LogP contribution in [0.2, 0.25) is 0 Å². The summed E-state index contributed by atoms with van der Waals surface area (Å²) in [6, 6.07) is 8.02. The molecular weight excluding hydrogens is 356 g/mol. The standard InChI is InChI=1S/C7H8O.2C5H7N.C4H6.C3H4.C2H2/c1-6-3-2-4-7(8)5-6;2*1-5-3-2-4-6-5;1-3-4-2;1-3-2;1-2/h2-3,5H,4H2,1H3;2*2-4,6H,1H3;1-2H3;1H,2H3;1-2H. The maximum Gasteiger partial charge on any atom is 0.159 e. The molecule has 0 radical (unpaired) electrons. The zero-order valence-electron chi connectivity index (χ0n) is 18.5. The van der Waals surface area contributed by atoms with Crippen LogP contribution in [-0.2, 0) is 4.79 Å². The number of aromatic nitrogens is 2. The van der Waals surface area contributed by atoms with Gasteiger partial charge >= 0.3 is 0 Å². The van der Waals surface area contributed by atoms with Crippen LogP contribution in [0.3, 0.4) is 0 Å². The van der Waals surface area contributed by atoms with Crippen molar-refractivity contribution < 1.29 is 4.79 Å². The number of aromatic amines is 2. The second kappa shape index (κ2) is 24.4. The molecule has 29 heavy (non-hydrogen) atoms. The van der Waals surface area contributed by atoms with Crippen molar-refractivity contribution in [3.63, 3.8) is 0 Å². The van der Waals surface area contributed by atoms with Crippen LogP contribution in [-0.4, -0.2) is 15.8 Å². The number of allylic oxidation sites excluding steroid dienone is 4. The number of aryl methyl sites for hydroxylation is 2. The molecule has 1 aliphatic carbocycles. The van der Waals surface area contributed by atoms with Gasteiger partial charge in [0.2, 0.25) is 0 Å². The van der Waals surface area contributed by atoms with Crippen LogP contribution in [0.15, 0.2) is 60.5 Å². The number of carbonyl (C=O) groups excluding carboxylic acids is 1. The Bertz CT molecular complexity index is 746. The molecule has 0 saturated carbocycles. The fourth-order valence-corrected chi connectivity index (χ4v) is 1.56. The van der Waals surface area contributed by atoms with Gasteiger partial charge in [0, 0.05) is 30.2 Å². The summed E-state index contributed by atoms with van der Waals surface area (Å²) >= 11 is 0. The smallest absolute Gasteiger partial charge is 0.159 e. The molecule has 3 nitrogen and oxygen atoms in total. The molecule has 154 valence electrons. The van der Waals surface area contributed by atoms with Crippen molar-refractivity contribution >= 4 is 5.78 Å². The number of ketones is 1. The van der Waals surface area contributed by atoms with Gasteiger partial charge in [-0.05, 0) is 77.5 Å². The zero-order chi connectivity index (χ0) is 22.9. The number of carbonyl (C=O) groups is 1. The van der Waals surface area contributed by atoms with Crippen molar-refractivity contribution in [2.75, 3.05) is 0 Å². The molecule has 0 spiro atoms. The van der Waals surface area contributed by atoms with Crippen LogP contribution in [0.5, 0.6) is 0 Å². The molecule has 0 amide bonds. The summed E-state index contributed by atoms with van der Waals surface area (Å²) in [7, 11) is 0. The van der Waals surface area contributed by atoms with Gasteiger partial charge in [-0.15, -0.1) is 37.0 Å². The quantitative estimate of drug-likeness (QED) is 0.530. The number of rotatable bonds is 0. The first kappa shape index (κ1) is 30.1. The molecule has 3 rings (SSSR count). The van der Waals surface area contributed by atoms with Crippen LogP contribution in [0, 0.1) is 50.9 Å². The van der Waals surface area contributed by atoms with Crippen molar-refractivity contribution in [1.82, 2.24) is 9.97 Å². The Labute approximate surface area is 177 Å². The normalized spacial score (nSPS) is 9.62. The first-order valence-corrected chi connectivity index (χ1v) is 9.03. The van der Waals surface area contributed by atoms with E-state index in [0.29, 0.717) is 6.42 Å². The molecule has 3 heteroatoms. The van der Waals surface area contributed by atoms with E-state index in [9.17, 15) is 4.79 Å². The molecule has 1 aliphatic rings. The van der Waals surface area contributed by atoms with Gasteiger partial charge in [-0.2, -0.15) is 0 Å². The number of hydrogen-bond donors (Lipinski definition) is 2. The highest BCUT2D eigenvalue weighted by Crippen LogP contribution is 2.04. The average molecular weight is 391 g/mol. The highest BCUT2D eigenvalue weighted by molar-refractivity contribution is 5.92. The number of H-pyrrole nitrogens is 2. The lowest BCUT2D eigenvalue weighted by Gasteiger charge is -1.96. The summed E-state index contributed by atoms with van der Waals surface area (Å²) in [5, 5.41) is 0. The van der Waals surface area contributed by atoms with E-state index in [2.05, 4.69) is 47.0 Å². The summed E-state index contributed by atoms with van der Waals surface area (Å²) < 4.78 is 0. The van der Waals surface area contributed by atoms with Crippen molar-refractivity contribution in [3.05, 3.63) is 71.8 Å². The van der Waals surface area contributed by atoms with Gasteiger partial charge in [0.25, 0.3) is 0 Å². The minimum absolute atomic E-state index is 0.213. The Balaban J connectivity index is -0.000000296. The van der Waals surface area contributed by atoms with Crippen LogP contribution >= 0.6 is 0 Å². The Morgan fingerprint density at radius 3 is 1.45 bits per heavy atom. The molecular formula is C26H34N2O. The molecule has 0 saturated heterocycles. The third-order valence-corrected chi connectivity index (χ3v) is 2.85. The Morgan fingerprint density at radius 2 is 1.31 bits per heavy atom.